The van der Waals surface area contributed by atoms with E-state index >= 15 is 0 Å². The molecule has 2 heterocycles. The summed E-state index contributed by atoms with van der Waals surface area (Å²) in [7, 11) is -3.91. The predicted octanol–water partition coefficient (Wildman–Crippen LogP) is 4.85. The summed E-state index contributed by atoms with van der Waals surface area (Å²) >= 11 is 6.32. The molecule has 2 bridgehead atoms. The van der Waals surface area contributed by atoms with E-state index in [-0.39, 0.29) is 28.7 Å². The zero-order valence-electron chi connectivity index (χ0n) is 23.0. The maximum absolute atomic E-state index is 13.3. The quantitative estimate of drug-likeness (QED) is 0.430. The molecule has 2 aliphatic carbocycles. The second kappa shape index (κ2) is 10.4. The number of amides is 1. The van der Waals surface area contributed by atoms with Gasteiger partial charge in [0.25, 0.3) is 5.91 Å². The molecule has 1 amide bonds. The van der Waals surface area contributed by atoms with Crippen LogP contribution in [-0.2, 0) is 21.9 Å². The average molecular weight is 585 g/mol. The number of ether oxygens (including phenoxy) is 1. The first-order valence-corrected chi connectivity index (χ1v) is 16.2. The van der Waals surface area contributed by atoms with Crippen LogP contribution in [0.4, 0.5) is 5.69 Å². The molecule has 40 heavy (non-hydrogen) atoms. The Morgan fingerprint density at radius 1 is 1.15 bits per heavy atom. The van der Waals surface area contributed by atoms with Crippen LogP contribution in [0.1, 0.15) is 61.0 Å². The second-order valence-corrected chi connectivity index (χ2v) is 14.7. The molecule has 1 saturated carbocycles. The molecule has 7 nitrogen and oxygen atoms in total. The van der Waals surface area contributed by atoms with Gasteiger partial charge in [-0.1, -0.05) is 36.7 Å². The Kier molecular flexibility index (Phi) is 7.16. The Bertz CT molecular complexity index is 1460. The topological polar surface area (TPSA) is 95.9 Å². The Hall–Kier alpha value is -2.55. The smallest absolute Gasteiger partial charge is 0.264 e. The predicted molar refractivity (Wildman–Crippen MR) is 157 cm³/mol. The molecule has 0 saturated heterocycles. The summed E-state index contributed by atoms with van der Waals surface area (Å²) in [5, 5.41) is 11.0. The number of nitrogens with zero attached hydrogens (tertiary/aromatic N) is 1. The molecule has 1 spiro atoms. The number of carbonyl (C=O) groups excluding carboxylic acids is 1. The first-order chi connectivity index (χ1) is 19.1. The molecular formula is C31H37ClN2O5S. The molecule has 1 fully saturated rings. The highest BCUT2D eigenvalue weighted by atomic mass is 35.5. The molecule has 2 aliphatic heterocycles. The fourth-order valence-corrected chi connectivity index (χ4v) is 8.40. The van der Waals surface area contributed by atoms with E-state index in [1.807, 2.05) is 31.2 Å². The van der Waals surface area contributed by atoms with Gasteiger partial charge in [0, 0.05) is 29.1 Å². The zero-order valence-corrected chi connectivity index (χ0v) is 24.5. The van der Waals surface area contributed by atoms with Gasteiger partial charge in [-0.25, -0.2) is 13.1 Å². The number of fused-ring (bicyclic) bond motifs is 4. The number of sulfonamides is 1. The van der Waals surface area contributed by atoms with Gasteiger partial charge in [0.15, 0.2) is 0 Å². The van der Waals surface area contributed by atoms with Gasteiger partial charge in [-0.05, 0) is 98.2 Å². The van der Waals surface area contributed by atoms with Crippen LogP contribution in [0.5, 0.6) is 5.75 Å². The number of halogens is 1. The van der Waals surface area contributed by atoms with Gasteiger partial charge in [-0.2, -0.15) is 0 Å². The third kappa shape index (κ3) is 4.92. The summed E-state index contributed by atoms with van der Waals surface area (Å²) < 4.78 is 35.0. The van der Waals surface area contributed by atoms with Gasteiger partial charge >= 0.3 is 0 Å². The van der Waals surface area contributed by atoms with Crippen LogP contribution in [0.25, 0.3) is 0 Å². The van der Waals surface area contributed by atoms with Crippen molar-refractivity contribution < 1.29 is 23.1 Å². The minimum atomic E-state index is -3.91. The number of allylic oxidation sites excluding steroid dienone is 1. The van der Waals surface area contributed by atoms with E-state index in [1.165, 1.54) is 11.1 Å². The van der Waals surface area contributed by atoms with E-state index in [0.717, 1.165) is 36.4 Å². The third-order valence-corrected chi connectivity index (χ3v) is 12.0. The van der Waals surface area contributed by atoms with Crippen molar-refractivity contribution in [3.63, 3.8) is 0 Å². The van der Waals surface area contributed by atoms with E-state index in [0.29, 0.717) is 31.9 Å². The molecule has 4 aliphatic rings. The van der Waals surface area contributed by atoms with Gasteiger partial charge < -0.3 is 14.7 Å². The largest absolute Gasteiger partial charge is 0.490 e. The monoisotopic (exact) mass is 584 g/mol. The fourth-order valence-electron chi connectivity index (χ4n) is 6.92. The number of rotatable bonds is 0. The van der Waals surface area contributed by atoms with Crippen LogP contribution in [0, 0.1) is 17.8 Å². The number of hydrogen-bond acceptors (Lipinski definition) is 6. The fraction of sp³-hybridized carbons (Fsp3) is 0.516. The lowest BCUT2D eigenvalue weighted by Crippen LogP contribution is -2.47. The van der Waals surface area contributed by atoms with E-state index in [4.69, 9.17) is 16.3 Å². The number of aryl methyl sites for hydroxylation is 1. The lowest BCUT2D eigenvalue weighted by Gasteiger charge is -2.43. The Labute approximate surface area is 241 Å². The summed E-state index contributed by atoms with van der Waals surface area (Å²) in [6.07, 6.45) is 7.44. The molecular weight excluding hydrogens is 548 g/mol. The van der Waals surface area contributed by atoms with Crippen molar-refractivity contribution in [3.8, 4) is 5.75 Å². The van der Waals surface area contributed by atoms with Crippen LogP contribution in [0.2, 0.25) is 5.02 Å². The van der Waals surface area contributed by atoms with Gasteiger partial charge in [0.1, 0.15) is 5.75 Å². The molecule has 0 radical (unpaired) electrons. The Morgan fingerprint density at radius 2 is 1.98 bits per heavy atom. The Balaban J connectivity index is 1.41. The highest BCUT2D eigenvalue weighted by Crippen LogP contribution is 2.47. The van der Waals surface area contributed by atoms with Crippen molar-refractivity contribution >= 4 is 33.2 Å². The van der Waals surface area contributed by atoms with Crippen LogP contribution >= 0.6 is 11.6 Å². The van der Waals surface area contributed by atoms with Crippen molar-refractivity contribution in [2.75, 3.05) is 24.6 Å². The van der Waals surface area contributed by atoms with Crippen molar-refractivity contribution in [2.24, 2.45) is 17.8 Å². The summed E-state index contributed by atoms with van der Waals surface area (Å²) in [4.78, 5) is 15.6. The minimum absolute atomic E-state index is 0.130. The summed E-state index contributed by atoms with van der Waals surface area (Å²) in [5.74, 6) is 0.232. The summed E-state index contributed by atoms with van der Waals surface area (Å²) in [6.45, 7) is 5.38. The number of hydrogen-bond donors (Lipinski definition) is 2. The van der Waals surface area contributed by atoms with Crippen molar-refractivity contribution in [1.29, 1.82) is 0 Å². The molecule has 6 rings (SSSR count). The highest BCUT2D eigenvalue weighted by Gasteiger charge is 2.45. The number of carbonyl (C=O) groups is 1. The lowest BCUT2D eigenvalue weighted by atomic mass is 9.70. The molecule has 214 valence electrons. The second-order valence-electron chi connectivity index (χ2n) is 12.2. The lowest BCUT2D eigenvalue weighted by molar-refractivity contribution is 0.0457. The van der Waals surface area contributed by atoms with Gasteiger partial charge in [0.05, 0.1) is 23.6 Å². The van der Waals surface area contributed by atoms with E-state index in [9.17, 15) is 18.3 Å². The van der Waals surface area contributed by atoms with Crippen LogP contribution in [0.15, 0.2) is 48.6 Å². The van der Waals surface area contributed by atoms with Crippen LogP contribution < -0.4 is 14.4 Å². The molecule has 2 aromatic carbocycles. The van der Waals surface area contributed by atoms with E-state index < -0.39 is 27.3 Å². The number of aliphatic hydroxyl groups excluding tert-OH is 1. The average Bonchev–Trinajstić information content (AvgIpc) is 3.15. The highest BCUT2D eigenvalue weighted by molar-refractivity contribution is 7.90. The van der Waals surface area contributed by atoms with Gasteiger partial charge in [0.2, 0.25) is 10.0 Å². The minimum Gasteiger partial charge on any atom is -0.490 e. The first-order valence-electron chi connectivity index (χ1n) is 14.3. The number of nitrogens with one attached hydrogen (secondary N) is 1. The number of aliphatic hydroxyl groups is 1. The molecule has 9 heteroatoms. The molecule has 6 unspecified atom stereocenters. The molecule has 6 atom stereocenters. The van der Waals surface area contributed by atoms with Crippen molar-refractivity contribution in [1.82, 2.24) is 4.72 Å². The van der Waals surface area contributed by atoms with Crippen molar-refractivity contribution in [2.45, 2.75) is 62.7 Å². The zero-order chi connectivity index (χ0) is 28.2. The van der Waals surface area contributed by atoms with Gasteiger partial charge in [-0.3, -0.25) is 4.79 Å². The van der Waals surface area contributed by atoms with E-state index in [1.54, 1.807) is 25.1 Å². The van der Waals surface area contributed by atoms with Gasteiger partial charge in [-0.15, -0.1) is 0 Å². The van der Waals surface area contributed by atoms with Crippen LogP contribution in [0.3, 0.4) is 0 Å². The maximum atomic E-state index is 13.3. The van der Waals surface area contributed by atoms with E-state index in [2.05, 4.69) is 15.7 Å². The van der Waals surface area contributed by atoms with Crippen LogP contribution in [-0.4, -0.2) is 50.5 Å². The van der Waals surface area contributed by atoms with Crippen molar-refractivity contribution in [3.05, 3.63) is 70.3 Å². The summed E-state index contributed by atoms with van der Waals surface area (Å²) in [5.41, 5.74) is 3.31. The Morgan fingerprint density at radius 3 is 2.75 bits per heavy atom. The third-order valence-electron chi connectivity index (χ3n) is 9.81. The maximum Gasteiger partial charge on any atom is 0.264 e. The summed E-state index contributed by atoms with van der Waals surface area (Å²) in [6, 6.07) is 11.3. The molecule has 0 aromatic heterocycles. The molecule has 2 N–H and O–H groups in total. The number of anilines is 1. The number of benzene rings is 2. The molecule has 2 aromatic rings. The SMILES string of the molecule is CC1C/C=C/C(O)C2CCC2CN2CC3(CCc4cc(Cl)ccc43)COc3ccc(cc32)C(=O)NS(=O)(=O)C1C. The first kappa shape index (κ1) is 27.6. The normalized spacial score (nSPS) is 34.0. The standard InChI is InChI=1S/C31H37ClN2O5S/c1-19-4-3-5-28(35)25-9-6-23(25)16-34-17-31(13-12-21-14-24(32)8-10-26(21)31)18-39-29-11-7-22(15-27(29)34)30(36)33-40(37,38)20(19)2/h3,5,7-8,10-11,14-15,19-20,23,25,28,35H,4,6,9,12-13,16-18H2,1-2H3,(H,33,36)/b5-3+.